The van der Waals surface area contributed by atoms with Gasteiger partial charge in [0.15, 0.2) is 12.6 Å². The minimum atomic E-state index is -4.23. The third kappa shape index (κ3) is 15.9. The van der Waals surface area contributed by atoms with E-state index >= 15 is 0 Å². The Hall–Kier alpha value is -5.04. The summed E-state index contributed by atoms with van der Waals surface area (Å²) in [7, 11) is -8.43. The fourth-order valence-electron chi connectivity index (χ4n) is 6.71. The van der Waals surface area contributed by atoms with Crippen LogP contribution in [-0.2, 0) is 46.6 Å². The molecule has 6 N–H and O–H groups in total. The average molecular weight is 927 g/mol. The standard InChI is InChI=1S/C42H50N3O13PS.C3H9N/c1-29(2)24-45(60(51,52)35-19-17-33(18-20-35)56-28-59(49,50)58-34-11-7-4-8-12-34)25-38(46)37(44-42(48)57-39-27-54-40-36(39)21-22-53-40)23-30-13-15-32(16-14-30)43-41(47)55-26-31-9-5-3-6-10-31;1-3(2)4/h3-20,29,36-40,46H,21-28H2,1-2H3,(H,43,47)(H,44,48)(H,49,50);3H,4H2,1-2H3/t36-,37-,38+,39-,40+;/m0./s1. The first-order chi connectivity index (χ1) is 30.5. The number of nitrogens with one attached hydrogen (secondary N) is 2. The summed E-state index contributed by atoms with van der Waals surface area (Å²) in [6.45, 7) is 7.92. The van der Waals surface area contributed by atoms with Gasteiger partial charge in [0.1, 0.15) is 24.2 Å². The summed E-state index contributed by atoms with van der Waals surface area (Å²) in [6, 6.07) is 28.7. The zero-order chi connectivity index (χ0) is 46.3. The molecule has 64 heavy (non-hydrogen) atoms. The SMILES string of the molecule is CC(C)CN(C[C@@H](O)[C@H](Cc1ccc(NC(=O)OCc2ccccc2)cc1)NC(=O)O[C@H]1CO[C@H]2OCC[C@H]21)S(=O)(=O)c1ccc(OCP(=O)(O)Oc2ccccc2)cc1.CC(C)N. The van der Waals surface area contributed by atoms with Gasteiger partial charge in [-0.1, -0.05) is 88.4 Å². The molecule has 0 aliphatic carbocycles. The monoisotopic (exact) mass is 926 g/mol. The lowest BCUT2D eigenvalue weighted by atomic mass is 10.0. The first-order valence-corrected chi connectivity index (χ1v) is 24.2. The molecule has 2 heterocycles. The summed E-state index contributed by atoms with van der Waals surface area (Å²) >= 11 is 0. The van der Waals surface area contributed by atoms with Crippen molar-refractivity contribution in [2.75, 3.05) is 38.0 Å². The second-order valence-corrected chi connectivity index (χ2v) is 19.8. The second-order valence-electron chi connectivity index (χ2n) is 16.1. The molecule has 0 spiro atoms. The molecule has 4 aromatic carbocycles. The van der Waals surface area contributed by atoms with E-state index in [1.807, 2.05) is 58.0 Å². The number of alkyl carbamates (subject to hydrolysis) is 1. The number of ether oxygens (including phenoxy) is 5. The minimum absolute atomic E-state index is 0.0303. The lowest BCUT2D eigenvalue weighted by Crippen LogP contribution is -2.51. The van der Waals surface area contributed by atoms with Crippen molar-refractivity contribution in [2.24, 2.45) is 17.6 Å². The van der Waals surface area contributed by atoms with Crippen LogP contribution in [0.3, 0.4) is 0 Å². The minimum Gasteiger partial charge on any atom is -0.480 e. The summed E-state index contributed by atoms with van der Waals surface area (Å²) in [5, 5.41) is 17.2. The molecule has 348 valence electrons. The predicted molar refractivity (Wildman–Crippen MR) is 239 cm³/mol. The molecule has 0 saturated carbocycles. The number of sulfonamides is 1. The van der Waals surface area contributed by atoms with Crippen LogP contribution in [0.2, 0.25) is 0 Å². The lowest BCUT2D eigenvalue weighted by Gasteiger charge is -2.31. The van der Waals surface area contributed by atoms with E-state index in [0.717, 1.165) is 9.87 Å². The van der Waals surface area contributed by atoms with Crippen LogP contribution in [0.5, 0.6) is 11.5 Å². The van der Waals surface area contributed by atoms with E-state index in [0.29, 0.717) is 30.3 Å². The lowest BCUT2D eigenvalue weighted by molar-refractivity contribution is -0.0907. The number of aliphatic hydroxyl groups is 1. The zero-order valence-electron chi connectivity index (χ0n) is 36.4. The van der Waals surface area contributed by atoms with Crippen molar-refractivity contribution in [1.29, 1.82) is 0 Å². The molecule has 2 saturated heterocycles. The largest absolute Gasteiger partial charge is 0.480 e. The van der Waals surface area contributed by atoms with Gasteiger partial charge in [-0.25, -0.2) is 22.6 Å². The molecular formula is C45H59N4O13PS. The topological polar surface area (TPSA) is 235 Å². The Kier molecular flexibility index (Phi) is 18.6. The van der Waals surface area contributed by atoms with Crippen LogP contribution in [0.4, 0.5) is 15.3 Å². The van der Waals surface area contributed by atoms with Crippen LogP contribution in [0.25, 0.3) is 0 Å². The number of rotatable bonds is 19. The molecule has 2 aliphatic rings. The molecule has 0 aromatic heterocycles. The van der Waals surface area contributed by atoms with Crippen molar-refractivity contribution in [3.05, 3.63) is 120 Å². The molecule has 6 atom stereocenters. The summed E-state index contributed by atoms with van der Waals surface area (Å²) in [4.78, 5) is 36.0. The molecule has 17 nitrogen and oxygen atoms in total. The predicted octanol–water partition coefficient (Wildman–Crippen LogP) is 6.50. The molecule has 0 radical (unpaired) electrons. The number of hydrogen-bond acceptors (Lipinski definition) is 13. The first kappa shape index (κ1) is 50.0. The zero-order valence-corrected chi connectivity index (χ0v) is 38.1. The number of anilines is 1. The highest BCUT2D eigenvalue weighted by Crippen LogP contribution is 2.42. The number of fused-ring (bicyclic) bond motifs is 1. The first-order valence-electron chi connectivity index (χ1n) is 21.0. The Bertz CT molecular complexity index is 2220. The third-order valence-corrected chi connectivity index (χ3v) is 12.5. The molecule has 19 heteroatoms. The van der Waals surface area contributed by atoms with Crippen molar-refractivity contribution in [3.8, 4) is 11.5 Å². The van der Waals surface area contributed by atoms with Crippen molar-refractivity contribution < 1.29 is 60.8 Å². The molecule has 2 fully saturated rings. The van der Waals surface area contributed by atoms with Gasteiger partial charge in [-0.2, -0.15) is 4.31 Å². The maximum atomic E-state index is 14.1. The number of nitrogens with zero attached hydrogens (tertiary/aromatic N) is 1. The van der Waals surface area contributed by atoms with Gasteiger partial charge < -0.3 is 49.3 Å². The Morgan fingerprint density at radius 3 is 2.14 bits per heavy atom. The third-order valence-electron chi connectivity index (χ3n) is 9.69. The fraction of sp³-hybridized carbons (Fsp3) is 0.422. The second kappa shape index (κ2) is 23.8. The van der Waals surface area contributed by atoms with E-state index in [4.69, 9.17) is 33.9 Å². The normalized spacial score (nSPS) is 18.8. The molecule has 2 amide bonds. The number of para-hydroxylation sites is 1. The molecule has 6 rings (SSSR count). The molecule has 2 aliphatic heterocycles. The number of nitrogens with two attached hydrogens (primary N) is 1. The van der Waals surface area contributed by atoms with E-state index in [-0.39, 0.29) is 54.4 Å². The van der Waals surface area contributed by atoms with Crippen LogP contribution < -0.4 is 25.6 Å². The molecular weight excluding hydrogens is 868 g/mol. The summed E-state index contributed by atoms with van der Waals surface area (Å²) < 4.78 is 74.8. The van der Waals surface area contributed by atoms with Crippen molar-refractivity contribution >= 4 is 35.5 Å². The van der Waals surface area contributed by atoms with Gasteiger partial charge in [0.05, 0.1) is 36.2 Å². The van der Waals surface area contributed by atoms with Crippen LogP contribution in [0.1, 0.15) is 45.2 Å². The van der Waals surface area contributed by atoms with Gasteiger partial charge in [0.25, 0.3) is 0 Å². The highest BCUT2D eigenvalue weighted by Gasteiger charge is 2.44. The maximum Gasteiger partial charge on any atom is 0.413 e. The summed E-state index contributed by atoms with van der Waals surface area (Å²) in [5.41, 5.74) is 7.06. The van der Waals surface area contributed by atoms with Crippen molar-refractivity contribution in [2.45, 2.75) is 82.6 Å². The van der Waals surface area contributed by atoms with E-state index in [1.165, 1.54) is 36.4 Å². The van der Waals surface area contributed by atoms with Gasteiger partial charge in [-0.15, -0.1) is 0 Å². The highest BCUT2D eigenvalue weighted by atomic mass is 32.2. The van der Waals surface area contributed by atoms with Crippen LogP contribution in [0, 0.1) is 11.8 Å². The Morgan fingerprint density at radius 1 is 0.859 bits per heavy atom. The number of benzene rings is 4. The number of amides is 2. The van der Waals surface area contributed by atoms with Gasteiger partial charge in [0.2, 0.25) is 10.0 Å². The van der Waals surface area contributed by atoms with Crippen molar-refractivity contribution in [1.82, 2.24) is 9.62 Å². The number of aliphatic hydroxyl groups excluding tert-OH is 1. The van der Waals surface area contributed by atoms with Gasteiger partial charge in [-0.05, 0) is 84.5 Å². The summed E-state index contributed by atoms with van der Waals surface area (Å²) in [6.07, 6.45) is -3.85. The quantitative estimate of drug-likeness (QED) is 0.0632. The van der Waals surface area contributed by atoms with Gasteiger partial charge in [-0.3, -0.25) is 5.32 Å². The van der Waals surface area contributed by atoms with Gasteiger partial charge in [0, 0.05) is 18.8 Å². The van der Waals surface area contributed by atoms with E-state index in [1.54, 1.807) is 42.5 Å². The Morgan fingerprint density at radius 2 is 1.50 bits per heavy atom. The van der Waals surface area contributed by atoms with Crippen LogP contribution in [0.15, 0.2) is 114 Å². The van der Waals surface area contributed by atoms with E-state index < -0.39 is 67.2 Å². The fourth-order valence-corrected chi connectivity index (χ4v) is 9.15. The number of hydrogen-bond donors (Lipinski definition) is 5. The molecule has 4 aromatic rings. The van der Waals surface area contributed by atoms with Crippen LogP contribution >= 0.6 is 7.60 Å². The highest BCUT2D eigenvalue weighted by molar-refractivity contribution is 7.89. The number of carbonyl (C=O) groups is 2. The Labute approximate surface area is 374 Å². The summed E-state index contributed by atoms with van der Waals surface area (Å²) in [5.74, 6) is 0.0435. The van der Waals surface area contributed by atoms with Crippen LogP contribution in [-0.4, -0.2) is 98.1 Å². The molecule has 0 bridgehead atoms. The Balaban J connectivity index is 0.00000185. The molecule has 1 unspecified atom stereocenters. The number of carbonyl (C=O) groups excluding carboxylic acids is 2. The van der Waals surface area contributed by atoms with Crippen molar-refractivity contribution in [3.63, 3.8) is 0 Å². The maximum absolute atomic E-state index is 14.1. The van der Waals surface area contributed by atoms with E-state index in [2.05, 4.69) is 10.6 Å². The smallest absolute Gasteiger partial charge is 0.413 e. The van der Waals surface area contributed by atoms with Gasteiger partial charge >= 0.3 is 19.8 Å². The average Bonchev–Trinajstić information content (AvgIpc) is 3.88. The van der Waals surface area contributed by atoms with E-state index in [9.17, 15) is 32.6 Å².